The zero-order valence-corrected chi connectivity index (χ0v) is 9.11. The van der Waals surface area contributed by atoms with Crippen molar-refractivity contribution in [2.45, 2.75) is 13.3 Å². The van der Waals surface area contributed by atoms with Crippen LogP contribution in [0.4, 0.5) is 14.5 Å². The van der Waals surface area contributed by atoms with Crippen LogP contribution >= 0.6 is 0 Å². The van der Waals surface area contributed by atoms with Crippen LogP contribution in [0, 0.1) is 10.1 Å². The van der Waals surface area contributed by atoms with Gasteiger partial charge in [0.15, 0.2) is 0 Å². The van der Waals surface area contributed by atoms with Crippen molar-refractivity contribution in [3.8, 4) is 0 Å². The zero-order valence-electron chi connectivity index (χ0n) is 9.11. The van der Waals surface area contributed by atoms with Gasteiger partial charge in [-0.25, -0.2) is 13.6 Å². The largest absolute Gasteiger partial charge is 0.462 e. The lowest BCUT2D eigenvalue weighted by Crippen LogP contribution is -2.23. The second-order valence-corrected chi connectivity index (χ2v) is 3.07. The number of aromatic nitrogens is 1. The van der Waals surface area contributed by atoms with Gasteiger partial charge in [0.1, 0.15) is 11.3 Å². The van der Waals surface area contributed by atoms with Crippen molar-refractivity contribution in [1.29, 1.82) is 0 Å². The zero-order chi connectivity index (χ0) is 13.9. The molecule has 1 aromatic heterocycles. The third-order valence-corrected chi connectivity index (χ3v) is 1.99. The predicted molar refractivity (Wildman–Crippen MR) is 54.6 cm³/mol. The smallest absolute Gasteiger partial charge is 0.344 e. The van der Waals surface area contributed by atoms with Gasteiger partial charge in [-0.05, 0) is 6.92 Å². The number of aromatic amines is 1. The van der Waals surface area contributed by atoms with E-state index >= 15 is 0 Å². The van der Waals surface area contributed by atoms with E-state index < -0.39 is 39.7 Å². The summed E-state index contributed by atoms with van der Waals surface area (Å²) >= 11 is 0. The number of pyridine rings is 1. The molecule has 0 saturated heterocycles. The van der Waals surface area contributed by atoms with E-state index in [0.29, 0.717) is 6.20 Å². The maximum atomic E-state index is 12.6. The van der Waals surface area contributed by atoms with Crippen LogP contribution in [0.2, 0.25) is 0 Å². The monoisotopic (exact) mass is 262 g/mol. The first-order valence-corrected chi connectivity index (χ1v) is 4.75. The number of halogens is 2. The lowest BCUT2D eigenvalue weighted by Gasteiger charge is -2.06. The molecule has 0 fully saturated rings. The summed E-state index contributed by atoms with van der Waals surface area (Å²) in [4.78, 5) is 34.2. The van der Waals surface area contributed by atoms with Gasteiger partial charge >= 0.3 is 11.7 Å². The molecule has 0 saturated carbocycles. The minimum Gasteiger partial charge on any atom is -0.462 e. The Labute approximate surface area is 98.5 Å². The highest BCUT2D eigenvalue weighted by Gasteiger charge is 2.28. The number of carbonyl (C=O) groups excluding carboxylic acids is 1. The number of esters is 1. The Morgan fingerprint density at radius 1 is 1.61 bits per heavy atom. The van der Waals surface area contributed by atoms with Gasteiger partial charge in [-0.15, -0.1) is 0 Å². The lowest BCUT2D eigenvalue weighted by molar-refractivity contribution is -0.386. The molecular weight excluding hydrogens is 254 g/mol. The van der Waals surface area contributed by atoms with Crippen LogP contribution in [-0.4, -0.2) is 22.5 Å². The van der Waals surface area contributed by atoms with Gasteiger partial charge < -0.3 is 9.72 Å². The van der Waals surface area contributed by atoms with Crippen molar-refractivity contribution >= 4 is 11.7 Å². The van der Waals surface area contributed by atoms with Gasteiger partial charge in [-0.3, -0.25) is 14.9 Å². The molecule has 18 heavy (non-hydrogen) atoms. The maximum Gasteiger partial charge on any atom is 0.344 e. The molecule has 7 nitrogen and oxygen atoms in total. The van der Waals surface area contributed by atoms with Gasteiger partial charge in [-0.2, -0.15) is 0 Å². The average Bonchev–Trinajstić information content (AvgIpc) is 2.27. The summed E-state index contributed by atoms with van der Waals surface area (Å²) in [5.41, 5.74) is -4.43. The van der Waals surface area contributed by atoms with E-state index in [1.165, 1.54) is 6.92 Å². The van der Waals surface area contributed by atoms with E-state index in [9.17, 15) is 28.5 Å². The highest BCUT2D eigenvalue weighted by Crippen LogP contribution is 2.20. The SMILES string of the molecule is CCOC(=O)c1c(C(F)F)[nH]cc([N+](=O)[O-])c1=O. The lowest BCUT2D eigenvalue weighted by atomic mass is 10.1. The number of nitrogens with one attached hydrogen (secondary N) is 1. The molecule has 1 aromatic rings. The van der Waals surface area contributed by atoms with E-state index in [-0.39, 0.29) is 6.61 Å². The van der Waals surface area contributed by atoms with Crippen LogP contribution < -0.4 is 5.43 Å². The Morgan fingerprint density at radius 2 is 2.22 bits per heavy atom. The molecule has 0 aliphatic rings. The summed E-state index contributed by atoms with van der Waals surface area (Å²) in [6, 6.07) is 0. The van der Waals surface area contributed by atoms with E-state index in [0.717, 1.165) is 0 Å². The summed E-state index contributed by atoms with van der Waals surface area (Å²) in [6.07, 6.45) is -2.63. The summed E-state index contributed by atoms with van der Waals surface area (Å²) in [7, 11) is 0. The first kappa shape index (κ1) is 13.7. The molecule has 0 aromatic carbocycles. The Balaban J connectivity index is 3.51. The number of ether oxygens (including phenoxy) is 1. The topological polar surface area (TPSA) is 102 Å². The van der Waals surface area contributed by atoms with Crippen LogP contribution in [0.5, 0.6) is 0 Å². The highest BCUT2D eigenvalue weighted by atomic mass is 19.3. The minimum absolute atomic E-state index is 0.149. The Morgan fingerprint density at radius 3 is 2.67 bits per heavy atom. The van der Waals surface area contributed by atoms with E-state index in [2.05, 4.69) is 4.74 Å². The van der Waals surface area contributed by atoms with Crippen molar-refractivity contribution in [2.24, 2.45) is 0 Å². The number of H-pyrrole nitrogens is 1. The summed E-state index contributed by atoms with van der Waals surface area (Å²) in [5, 5.41) is 10.5. The number of hydrogen-bond acceptors (Lipinski definition) is 5. The fraction of sp³-hybridized carbons (Fsp3) is 0.333. The van der Waals surface area contributed by atoms with Gasteiger partial charge in [0.05, 0.1) is 17.7 Å². The molecule has 0 amide bonds. The number of rotatable bonds is 4. The van der Waals surface area contributed by atoms with Gasteiger partial charge in [0.25, 0.3) is 11.9 Å². The number of nitrogens with zero attached hydrogens (tertiary/aromatic N) is 1. The predicted octanol–water partition coefficient (Wildman–Crippen LogP) is 1.40. The number of alkyl halides is 2. The van der Waals surface area contributed by atoms with Crippen molar-refractivity contribution in [3.63, 3.8) is 0 Å². The van der Waals surface area contributed by atoms with Crippen LogP contribution in [0.3, 0.4) is 0 Å². The standard InChI is InChI=1S/C9H8F2N2O5/c1-2-18-9(15)5-6(8(10)11)12-3-4(7(5)14)13(16)17/h3,8H,2H2,1H3,(H,12,14). The molecule has 1 rings (SSSR count). The first-order valence-electron chi connectivity index (χ1n) is 4.75. The molecule has 98 valence electrons. The Kier molecular flexibility index (Phi) is 4.08. The van der Waals surface area contributed by atoms with Crippen molar-refractivity contribution in [1.82, 2.24) is 4.98 Å². The molecule has 0 atom stereocenters. The molecule has 1 heterocycles. The van der Waals surface area contributed by atoms with Crippen LogP contribution in [0.25, 0.3) is 0 Å². The van der Waals surface area contributed by atoms with E-state index in [4.69, 9.17) is 0 Å². The first-order chi connectivity index (χ1) is 8.40. The molecular formula is C9H8F2N2O5. The molecule has 9 heteroatoms. The molecule has 0 bridgehead atoms. The summed E-state index contributed by atoms with van der Waals surface area (Å²) in [5.74, 6) is -1.32. The maximum absolute atomic E-state index is 12.6. The minimum atomic E-state index is -3.15. The second kappa shape index (κ2) is 5.34. The summed E-state index contributed by atoms with van der Waals surface area (Å²) < 4.78 is 29.6. The third-order valence-electron chi connectivity index (χ3n) is 1.99. The molecule has 0 aliphatic heterocycles. The quantitative estimate of drug-likeness (QED) is 0.502. The van der Waals surface area contributed by atoms with Crippen LogP contribution in [0.15, 0.2) is 11.0 Å². The normalized spacial score (nSPS) is 10.4. The number of carbonyl (C=O) groups is 1. The Bertz CT molecular complexity index is 540. The van der Waals surface area contributed by atoms with Crippen LogP contribution in [-0.2, 0) is 4.74 Å². The number of hydrogen-bond donors (Lipinski definition) is 1. The van der Waals surface area contributed by atoms with E-state index in [1.807, 2.05) is 4.98 Å². The summed E-state index contributed by atoms with van der Waals surface area (Å²) in [6.45, 7) is 1.26. The molecule has 0 aliphatic carbocycles. The number of nitro groups is 1. The van der Waals surface area contributed by atoms with Crippen molar-refractivity contribution < 1.29 is 23.2 Å². The molecule has 0 spiro atoms. The molecule has 0 unspecified atom stereocenters. The van der Waals surface area contributed by atoms with Crippen molar-refractivity contribution in [2.75, 3.05) is 6.61 Å². The fourth-order valence-electron chi connectivity index (χ4n) is 1.25. The van der Waals surface area contributed by atoms with Crippen molar-refractivity contribution in [3.05, 3.63) is 37.8 Å². The third kappa shape index (κ3) is 2.50. The van der Waals surface area contributed by atoms with E-state index in [1.54, 1.807) is 0 Å². The Hall–Kier alpha value is -2.32. The van der Waals surface area contributed by atoms with Gasteiger partial charge in [0.2, 0.25) is 0 Å². The average molecular weight is 262 g/mol. The highest BCUT2D eigenvalue weighted by molar-refractivity contribution is 5.91. The van der Waals surface area contributed by atoms with Gasteiger partial charge in [-0.1, -0.05) is 0 Å². The second-order valence-electron chi connectivity index (χ2n) is 3.07. The molecule has 0 radical (unpaired) electrons. The van der Waals surface area contributed by atoms with Gasteiger partial charge in [0, 0.05) is 0 Å². The molecule has 1 N–H and O–H groups in total. The van der Waals surface area contributed by atoms with Crippen LogP contribution in [0.1, 0.15) is 29.4 Å². The fourth-order valence-corrected chi connectivity index (χ4v) is 1.25.